The number of phenols is 2. The van der Waals surface area contributed by atoms with Crippen LogP contribution in [0.3, 0.4) is 0 Å². The molecule has 8 heterocycles. The number of hydrogen-bond donors (Lipinski definition) is 2. The third kappa shape index (κ3) is 15.7. The molecule has 25 heteroatoms. The molecule has 6 nitrogen and oxygen atoms in total. The highest BCUT2D eigenvalue weighted by atomic mass is 127. The molecule has 0 fully saturated rings. The number of halogens is 13. The van der Waals surface area contributed by atoms with Crippen molar-refractivity contribution in [1.82, 2.24) is 0 Å². The highest BCUT2D eigenvalue weighted by molar-refractivity contribution is 14.1. The van der Waals surface area contributed by atoms with E-state index in [4.69, 9.17) is 18.3 Å². The molecule has 710 valence electrons. The molecular weight excluding hydrogens is 1930 g/mol. The van der Waals surface area contributed by atoms with Crippen LogP contribution in [0.2, 0.25) is 0 Å². The van der Waals surface area contributed by atoms with Crippen molar-refractivity contribution in [2.24, 2.45) is 0 Å². The van der Waals surface area contributed by atoms with Gasteiger partial charge in [0.25, 0.3) is 0 Å². The van der Waals surface area contributed by atoms with Crippen LogP contribution in [0.5, 0.6) is 23.0 Å². The van der Waals surface area contributed by atoms with Crippen LogP contribution in [0.4, 0.5) is 52.7 Å². The second-order valence-electron chi connectivity index (χ2n) is 43.4. The van der Waals surface area contributed by atoms with Crippen LogP contribution in [0.25, 0.3) is 106 Å². The Morgan fingerprint density at radius 1 is 0.326 bits per heavy atom. The molecule has 132 heavy (non-hydrogen) atoms. The summed E-state index contributed by atoms with van der Waals surface area (Å²) >= 11 is 10.5. The lowest BCUT2D eigenvalue weighted by Gasteiger charge is -2.39. The Hall–Kier alpha value is -7.27. The van der Waals surface area contributed by atoms with E-state index in [1.54, 1.807) is 59.9 Å². The van der Waals surface area contributed by atoms with E-state index in [-0.39, 0.29) is 140 Å². The average Bonchev–Trinajstić information content (AvgIpc) is 1.51. The average molecular weight is 2050 g/mol. The normalized spacial score (nSPS) is 20.7. The number of thiophene rings is 6. The summed E-state index contributed by atoms with van der Waals surface area (Å²) in [7, 11) is 2.73. The molecule has 0 saturated heterocycles. The van der Waals surface area contributed by atoms with E-state index in [0.29, 0.717) is 19.5 Å². The molecule has 18 rings (SSSR count). The lowest BCUT2D eigenvalue weighted by molar-refractivity contribution is -0.254. The third-order valence-corrected chi connectivity index (χ3v) is 37.6. The molecule has 8 aromatic heterocycles. The minimum absolute atomic E-state index is 0. The Morgan fingerprint density at radius 3 is 0.886 bits per heavy atom. The first-order valence-corrected chi connectivity index (χ1v) is 50.9. The Bertz CT molecular complexity index is 6480. The lowest BCUT2D eigenvalue weighted by Crippen LogP contribution is -2.48. The van der Waals surface area contributed by atoms with Crippen LogP contribution in [0.15, 0.2) is 118 Å². The molecule has 0 atom stereocenters. The number of aromatic hydroxyl groups is 2. The predicted molar refractivity (Wildman–Crippen MR) is 537 cm³/mol. The van der Waals surface area contributed by atoms with Crippen LogP contribution in [-0.4, -0.2) is 64.9 Å². The quantitative estimate of drug-likeness (QED) is 0.0549. The number of methoxy groups -OCH3 is 2. The number of hydrogen-bond acceptors (Lipinski definition) is 12. The number of benzene rings is 4. The molecule has 4 aromatic carbocycles. The zero-order valence-corrected chi connectivity index (χ0v) is 85.0. The molecule has 0 amide bonds. The number of phenolic OH excluding ortho intramolecular Hbond substituents is 2. The van der Waals surface area contributed by atoms with Crippen molar-refractivity contribution in [3.63, 3.8) is 0 Å². The van der Waals surface area contributed by atoms with Gasteiger partial charge in [-0.1, -0.05) is 238 Å². The first kappa shape index (κ1) is 101. The van der Waals surface area contributed by atoms with Crippen molar-refractivity contribution in [3.05, 3.63) is 184 Å². The number of fused-ring (bicyclic) bond motifs is 6. The molecule has 12 aromatic rings. The van der Waals surface area contributed by atoms with Gasteiger partial charge >= 0.3 is 35.5 Å². The van der Waals surface area contributed by atoms with Crippen LogP contribution < -0.4 is 9.47 Å². The van der Waals surface area contributed by atoms with Gasteiger partial charge in [-0.05, 0) is 192 Å². The van der Waals surface area contributed by atoms with Crippen molar-refractivity contribution < 1.29 is 81.2 Å². The van der Waals surface area contributed by atoms with Crippen molar-refractivity contribution in [2.75, 3.05) is 19.2 Å². The fraction of sp³-hybridized carbons (Fsp3) is 0.477. The molecule has 0 spiro atoms. The number of furan rings is 2. The Morgan fingerprint density at radius 2 is 0.583 bits per heavy atom. The van der Waals surface area contributed by atoms with Gasteiger partial charge < -0.3 is 28.5 Å². The molecule has 2 N–H and O–H groups in total. The van der Waals surface area contributed by atoms with Crippen LogP contribution in [0.1, 0.15) is 294 Å². The van der Waals surface area contributed by atoms with Crippen LogP contribution in [0, 0.1) is 0 Å². The van der Waals surface area contributed by atoms with Gasteiger partial charge in [-0.3, -0.25) is 0 Å². The van der Waals surface area contributed by atoms with Crippen LogP contribution >= 0.6 is 90.6 Å². The molecular formula is C107H119F12IO6S6. The summed E-state index contributed by atoms with van der Waals surface area (Å²) in [5.41, 5.74) is -4.11. The maximum Gasteiger partial charge on any atom is 0.380 e. The fourth-order valence-electron chi connectivity index (χ4n) is 19.8. The zero-order chi connectivity index (χ0) is 95.4. The van der Waals surface area contributed by atoms with Gasteiger partial charge in [-0.2, -0.15) is 52.7 Å². The minimum Gasteiger partial charge on any atom is -0.504 e. The number of allylic oxidation sites excluding steroid dienone is 4. The smallest absolute Gasteiger partial charge is 0.380 e. The highest BCUT2D eigenvalue weighted by Crippen LogP contribution is 2.72. The first-order valence-electron chi connectivity index (χ1n) is 43.8. The summed E-state index contributed by atoms with van der Waals surface area (Å²) in [6.07, 6.45) is 7.24. The van der Waals surface area contributed by atoms with E-state index in [9.17, 15) is 10.2 Å². The van der Waals surface area contributed by atoms with Crippen molar-refractivity contribution in [1.29, 1.82) is 0 Å². The van der Waals surface area contributed by atoms with E-state index in [1.165, 1.54) is 88.7 Å². The van der Waals surface area contributed by atoms with Gasteiger partial charge in [0.05, 0.1) is 24.0 Å². The van der Waals surface area contributed by atoms with E-state index < -0.39 is 86.0 Å². The number of rotatable bonds is 12. The summed E-state index contributed by atoms with van der Waals surface area (Å²) in [5.74, 6) is -35.0. The molecule has 0 bridgehead atoms. The maximum atomic E-state index is 17.4. The monoisotopic (exact) mass is 2050 g/mol. The molecule has 6 aliphatic rings. The summed E-state index contributed by atoms with van der Waals surface area (Å²) in [5, 5.41) is 20.8. The zero-order valence-electron chi connectivity index (χ0n) is 77.9. The lowest BCUT2D eigenvalue weighted by atomic mass is 9.67. The van der Waals surface area contributed by atoms with Crippen molar-refractivity contribution in [3.8, 4) is 84.7 Å². The summed E-state index contributed by atoms with van der Waals surface area (Å²) in [4.78, 5) is 10.6. The van der Waals surface area contributed by atoms with Crippen LogP contribution in [-0.2, 0) is 54.1 Å². The van der Waals surface area contributed by atoms with Gasteiger partial charge in [0.2, 0.25) is 0 Å². The Balaban J connectivity index is 0.000000206. The van der Waals surface area contributed by atoms with Gasteiger partial charge in [0.15, 0.2) is 23.0 Å². The van der Waals surface area contributed by atoms with Crippen molar-refractivity contribution in [2.45, 2.75) is 308 Å². The largest absolute Gasteiger partial charge is 0.504 e. The molecule has 0 radical (unpaired) electrons. The third-order valence-electron chi connectivity index (χ3n) is 28.6. The van der Waals surface area contributed by atoms with E-state index >= 15 is 52.7 Å². The Kier molecular flexibility index (Phi) is 24.9. The minimum atomic E-state index is -5.88. The Labute approximate surface area is 805 Å². The first-order chi connectivity index (χ1) is 59.9. The molecule has 0 aliphatic heterocycles. The van der Waals surface area contributed by atoms with E-state index in [0.717, 1.165) is 133 Å². The van der Waals surface area contributed by atoms with Crippen molar-refractivity contribution >= 4 is 135 Å². The molecule has 0 saturated carbocycles. The predicted octanol–water partition coefficient (Wildman–Crippen LogP) is 36.6. The topological polar surface area (TPSA) is 85.2 Å². The fourth-order valence-corrected chi connectivity index (χ4v) is 28.4. The highest BCUT2D eigenvalue weighted by Gasteiger charge is 2.82. The molecule has 6 aliphatic carbocycles. The van der Waals surface area contributed by atoms with Gasteiger partial charge in [0.1, 0.15) is 22.7 Å². The second-order valence-corrected chi connectivity index (χ2v) is 49.8. The second kappa shape index (κ2) is 32.7. The number of ether oxygens (including phenoxy) is 2. The molecule has 0 unspecified atom stereocenters. The van der Waals surface area contributed by atoms with E-state index in [2.05, 4.69) is 146 Å². The van der Waals surface area contributed by atoms with Gasteiger partial charge in [0, 0.05) is 127 Å². The standard InChI is InChI=1S/C53H56F6O3S3.C51H52F6O3S3.CH3I.2CH4/c1-46(2,3)28-16-14-27(15-17-28)42-39(29-22-34(60-12)35(61-13)26-33(29)62-42)41-40(51(54,55)53(58,59)52(41,56)57)30-23-36(37-24-31-44(64-37)49(8,9)20-18-47(31,4)5)63-43(30)38-25-32-45(65-38)50(10,11)21-19-48(32,6)7;1-44(2,3)26-14-12-25(13-15-26)40-37(27-20-31(58)32(59)24-33(27)60-40)39-38(49(52,53)51(56,57)50(39,54)55)28-21-34(35-22-29-42(62-35)47(8,9)18-16-45(29,4)5)61-41(28)36-23-30-43(63-36)48(10,11)19-17-46(30,6)7;1-2;;/h14-17,22-26H,18-21H2,1-13H3;12-15,20-24,58-59H,16-19H2,1-11H3;1H3;2*1H4. The summed E-state index contributed by atoms with van der Waals surface area (Å²) in [6, 6.07) is 29.1. The maximum absolute atomic E-state index is 17.4. The van der Waals surface area contributed by atoms with Gasteiger partial charge in [-0.25, -0.2) is 0 Å². The van der Waals surface area contributed by atoms with E-state index in [1.807, 2.05) is 58.6 Å². The SMILES string of the molecule is C.C.CC(C)(C)c1ccc(-c2oc3cc(O)c(O)cc3c2C2=C(c3cc(-c4cc5c(s4)C(C)(C)CCC5(C)C)sc3-c3cc4c(s3)C(C)(C)CCC4(C)C)C(F)(F)C(F)(F)C2(F)F)cc1.CI.COc1cc2oc(-c3ccc(C(C)(C)C)cc3)c(C3=C(c4cc(-c5cc6c(s5)C(C)(C)CCC6(C)C)sc4-c4cc5c(s4)C(C)(C)CCC5(C)C)C(F)(F)C(F)(F)C3(F)F)c2cc1OC. The summed E-state index contributed by atoms with van der Waals surface area (Å²) in [6.45, 7) is 46.5. The van der Waals surface area contributed by atoms with Gasteiger partial charge in [-0.15, -0.1) is 68.0 Å². The summed E-state index contributed by atoms with van der Waals surface area (Å²) < 4.78 is 228. The number of alkyl halides is 13.